The van der Waals surface area contributed by atoms with Crippen molar-refractivity contribution in [3.8, 4) is 11.4 Å². The Hall–Kier alpha value is -4.85. The van der Waals surface area contributed by atoms with Crippen LogP contribution in [0.4, 0.5) is 9.59 Å². The number of ether oxygens (including phenoxy) is 2. The second kappa shape index (κ2) is 11.9. The summed E-state index contributed by atoms with van der Waals surface area (Å²) in [5.74, 6) is 0.517. The van der Waals surface area contributed by atoms with E-state index in [9.17, 15) is 9.59 Å². The highest BCUT2D eigenvalue weighted by Crippen LogP contribution is 2.37. The molecule has 1 aromatic heterocycles. The molecule has 2 N–H and O–H groups in total. The Morgan fingerprint density at radius 1 is 0.895 bits per heavy atom. The van der Waals surface area contributed by atoms with Crippen molar-refractivity contribution in [3.05, 3.63) is 126 Å². The van der Waals surface area contributed by atoms with Crippen LogP contribution in [0.1, 0.15) is 29.0 Å². The fourth-order valence-electron chi connectivity index (χ4n) is 4.54. The van der Waals surface area contributed by atoms with Crippen LogP contribution < -0.4 is 5.43 Å². The molecule has 0 spiro atoms. The van der Waals surface area contributed by atoms with Gasteiger partial charge < -0.3 is 14.5 Å². The molecule has 2 atom stereocenters. The van der Waals surface area contributed by atoms with Gasteiger partial charge in [-0.05, 0) is 23.1 Å². The molecule has 0 fully saturated rings. The molecule has 0 radical (unpaired) electrons. The molecule has 1 aliphatic rings. The number of nitrogens with one attached hydrogen (secondary N) is 2. The van der Waals surface area contributed by atoms with Crippen molar-refractivity contribution in [1.82, 2.24) is 20.4 Å². The molecule has 1 aliphatic carbocycles. The number of rotatable bonds is 7. The molecule has 1 heterocycles. The van der Waals surface area contributed by atoms with Gasteiger partial charge in [-0.2, -0.15) is 0 Å². The van der Waals surface area contributed by atoms with Crippen molar-refractivity contribution in [2.75, 3.05) is 0 Å². The molecule has 0 bridgehead atoms. The van der Waals surface area contributed by atoms with E-state index in [0.717, 1.165) is 28.1 Å². The Bertz CT molecular complexity index is 1370. The lowest BCUT2D eigenvalue weighted by molar-refractivity contribution is 0.0454. The van der Waals surface area contributed by atoms with E-state index in [1.54, 1.807) is 12.4 Å². The number of nitrogens with zero attached hydrogens (tertiary/aromatic N) is 2. The van der Waals surface area contributed by atoms with E-state index < -0.39 is 18.2 Å². The van der Waals surface area contributed by atoms with Crippen molar-refractivity contribution >= 4 is 12.2 Å². The van der Waals surface area contributed by atoms with Crippen LogP contribution in [0.15, 0.2) is 109 Å². The van der Waals surface area contributed by atoms with Crippen molar-refractivity contribution in [3.63, 3.8) is 0 Å². The lowest BCUT2D eigenvalue weighted by Gasteiger charge is -2.32. The minimum atomic E-state index is -0.740. The van der Waals surface area contributed by atoms with Crippen molar-refractivity contribution in [2.24, 2.45) is 0 Å². The number of hydrazine groups is 1. The number of H-pyrrole nitrogens is 1. The summed E-state index contributed by atoms with van der Waals surface area (Å²) in [6.45, 7) is 0.151. The number of carbonyl (C=O) groups is 2. The van der Waals surface area contributed by atoms with Crippen LogP contribution in [-0.4, -0.2) is 33.2 Å². The Morgan fingerprint density at radius 2 is 1.55 bits per heavy atom. The highest BCUT2D eigenvalue weighted by Gasteiger charge is 2.36. The predicted octanol–water partition coefficient (Wildman–Crippen LogP) is 5.97. The molecule has 192 valence electrons. The van der Waals surface area contributed by atoms with Crippen LogP contribution in [-0.2, 0) is 22.7 Å². The van der Waals surface area contributed by atoms with Crippen molar-refractivity contribution < 1.29 is 19.1 Å². The number of aromatic nitrogens is 2. The lowest BCUT2D eigenvalue weighted by atomic mass is 9.90. The molecule has 0 saturated carbocycles. The first-order valence-corrected chi connectivity index (χ1v) is 12.4. The third kappa shape index (κ3) is 5.92. The maximum atomic E-state index is 13.4. The van der Waals surface area contributed by atoms with Crippen molar-refractivity contribution in [2.45, 2.75) is 31.6 Å². The topological polar surface area (TPSA) is 96.5 Å². The fraction of sp³-hybridized carbons (Fsp3) is 0.167. The van der Waals surface area contributed by atoms with E-state index >= 15 is 0 Å². The Balaban J connectivity index is 1.37. The number of hydrogen-bond donors (Lipinski definition) is 2. The minimum absolute atomic E-state index is 0.0741. The molecule has 3 aromatic carbocycles. The third-order valence-corrected chi connectivity index (χ3v) is 6.37. The van der Waals surface area contributed by atoms with Crippen LogP contribution in [0.25, 0.3) is 11.4 Å². The summed E-state index contributed by atoms with van der Waals surface area (Å²) < 4.78 is 11.0. The number of benzene rings is 3. The van der Waals surface area contributed by atoms with E-state index in [1.165, 1.54) is 5.01 Å². The molecule has 0 aliphatic heterocycles. The average Bonchev–Trinajstić information content (AvgIpc) is 3.68. The van der Waals surface area contributed by atoms with E-state index in [0.29, 0.717) is 6.42 Å². The summed E-state index contributed by atoms with van der Waals surface area (Å²) in [5, 5.41) is 1.25. The predicted molar refractivity (Wildman–Crippen MR) is 143 cm³/mol. The summed E-state index contributed by atoms with van der Waals surface area (Å²) in [5.41, 5.74) is 6.23. The first kappa shape index (κ1) is 24.8. The third-order valence-electron chi connectivity index (χ3n) is 6.37. The molecule has 4 aromatic rings. The number of imidazole rings is 1. The number of carbonyl (C=O) groups excluding carboxylic acids is 2. The molecular formula is C30H28N4O4. The molecule has 2 amide bonds. The summed E-state index contributed by atoms with van der Waals surface area (Å²) in [4.78, 5) is 33.8. The maximum Gasteiger partial charge on any atom is 0.429 e. The van der Waals surface area contributed by atoms with Gasteiger partial charge in [0.2, 0.25) is 0 Å². The summed E-state index contributed by atoms with van der Waals surface area (Å²) in [6.07, 6.45) is 6.63. The highest BCUT2D eigenvalue weighted by atomic mass is 16.6. The molecule has 0 unspecified atom stereocenters. The normalized spacial score (nSPS) is 16.1. The first-order chi connectivity index (χ1) is 18.7. The van der Waals surface area contributed by atoms with Crippen LogP contribution in [0.2, 0.25) is 0 Å². The lowest BCUT2D eigenvalue weighted by Crippen LogP contribution is -2.53. The van der Waals surface area contributed by atoms with E-state index in [-0.39, 0.29) is 19.1 Å². The Morgan fingerprint density at radius 3 is 2.24 bits per heavy atom. The van der Waals surface area contributed by atoms with Gasteiger partial charge in [0.25, 0.3) is 0 Å². The summed E-state index contributed by atoms with van der Waals surface area (Å²) in [6, 6.07) is 26.2. The van der Waals surface area contributed by atoms with Crippen LogP contribution >= 0.6 is 0 Å². The van der Waals surface area contributed by atoms with Gasteiger partial charge in [0, 0.05) is 23.9 Å². The van der Waals surface area contributed by atoms with E-state index in [1.807, 2.05) is 97.1 Å². The molecular weight excluding hydrogens is 480 g/mol. The van der Waals surface area contributed by atoms with Gasteiger partial charge in [0.05, 0.1) is 6.04 Å². The van der Waals surface area contributed by atoms with Gasteiger partial charge in [-0.3, -0.25) is 0 Å². The fourth-order valence-corrected chi connectivity index (χ4v) is 4.54. The zero-order valence-electron chi connectivity index (χ0n) is 20.7. The standard InChI is InChI=1S/C30H28N4O4/c35-29(37-20-22-10-3-1-4-11-22)33-34(30(36)38-21-23-12-5-2-6-13-23)27-17-9-16-25(27)24-14-7-8-15-26(24)28-31-18-19-32-28/h1-16,18-19,25,27H,17,20-21H2,(H,31,32)(H,33,35)/t25-,27+/m0/s1. The zero-order valence-corrected chi connectivity index (χ0v) is 20.7. The van der Waals surface area contributed by atoms with Crippen molar-refractivity contribution in [1.29, 1.82) is 0 Å². The summed E-state index contributed by atoms with van der Waals surface area (Å²) in [7, 11) is 0. The minimum Gasteiger partial charge on any atom is -0.443 e. The maximum absolute atomic E-state index is 13.4. The van der Waals surface area contributed by atoms with Gasteiger partial charge in [0.1, 0.15) is 19.0 Å². The second-order valence-electron chi connectivity index (χ2n) is 8.87. The van der Waals surface area contributed by atoms with Gasteiger partial charge in [0.15, 0.2) is 0 Å². The molecule has 5 rings (SSSR count). The quantitative estimate of drug-likeness (QED) is 0.237. The number of amides is 2. The van der Waals surface area contributed by atoms with Gasteiger partial charge in [-0.25, -0.2) is 25.0 Å². The highest BCUT2D eigenvalue weighted by molar-refractivity contribution is 5.75. The second-order valence-corrected chi connectivity index (χ2v) is 8.87. The summed E-state index contributed by atoms with van der Waals surface area (Å²) >= 11 is 0. The number of aromatic amines is 1. The smallest absolute Gasteiger partial charge is 0.429 e. The van der Waals surface area contributed by atoms with Gasteiger partial charge in [-0.1, -0.05) is 97.1 Å². The van der Waals surface area contributed by atoms with Crippen LogP contribution in [0, 0.1) is 0 Å². The van der Waals surface area contributed by atoms with Gasteiger partial charge >= 0.3 is 12.2 Å². The SMILES string of the molecule is O=C(NN(C(=O)OCc1ccccc1)[C@@H]1CC=C[C@H]1c1ccccc1-c1ncc[nH]1)OCc1ccccc1. The van der Waals surface area contributed by atoms with Gasteiger partial charge in [-0.15, -0.1) is 0 Å². The monoisotopic (exact) mass is 508 g/mol. The molecule has 38 heavy (non-hydrogen) atoms. The number of hydrogen-bond acceptors (Lipinski definition) is 5. The van der Waals surface area contributed by atoms with Crippen LogP contribution in [0.5, 0.6) is 0 Å². The zero-order chi connectivity index (χ0) is 26.2. The van der Waals surface area contributed by atoms with E-state index in [4.69, 9.17) is 9.47 Å². The first-order valence-electron chi connectivity index (χ1n) is 12.4. The molecule has 8 heteroatoms. The largest absolute Gasteiger partial charge is 0.443 e. The van der Waals surface area contributed by atoms with E-state index in [2.05, 4.69) is 15.4 Å². The molecule has 8 nitrogen and oxygen atoms in total. The van der Waals surface area contributed by atoms with Crippen LogP contribution in [0.3, 0.4) is 0 Å². The molecule has 0 saturated heterocycles. The Kier molecular flexibility index (Phi) is 7.79. The average molecular weight is 509 g/mol. The Labute approximate surface area is 220 Å².